The summed E-state index contributed by atoms with van der Waals surface area (Å²) in [5.41, 5.74) is -0.926. The number of hydrogen-bond donors (Lipinski definition) is 3. The van der Waals surface area contributed by atoms with Crippen LogP contribution < -0.4 is 0 Å². The molecule has 2 amide bonds. The van der Waals surface area contributed by atoms with Gasteiger partial charge in [-0.25, -0.2) is 9.59 Å². The minimum absolute atomic E-state index is 0.0362. The number of aliphatic carboxylic acids is 1. The van der Waals surface area contributed by atoms with Gasteiger partial charge in [-0.15, -0.1) is 0 Å². The van der Waals surface area contributed by atoms with E-state index in [0.29, 0.717) is 19.4 Å². The highest BCUT2D eigenvalue weighted by atomic mass is 16.4. The quantitative estimate of drug-likeness (QED) is 0.596. The Morgan fingerprint density at radius 2 is 2.05 bits per heavy atom. The Balaban J connectivity index is 2.08. The largest absolute Gasteiger partial charge is 0.480 e. The number of carboxylic acid groups (broad SMARTS) is 1. The second kappa shape index (κ2) is 4.97. The molecule has 0 radical (unpaired) electrons. The number of rotatable bonds is 1. The molecule has 0 aromatic carbocycles. The van der Waals surface area contributed by atoms with Gasteiger partial charge in [0.1, 0.15) is 6.04 Å². The summed E-state index contributed by atoms with van der Waals surface area (Å²) in [6, 6.07) is -1.39. The monoisotopic (exact) mass is 272 g/mol. The zero-order valence-corrected chi connectivity index (χ0v) is 10.9. The summed E-state index contributed by atoms with van der Waals surface area (Å²) < 4.78 is 0. The lowest BCUT2D eigenvalue weighted by molar-refractivity contribution is -0.141. The molecule has 2 saturated heterocycles. The molecule has 2 fully saturated rings. The van der Waals surface area contributed by atoms with E-state index in [2.05, 4.69) is 0 Å². The van der Waals surface area contributed by atoms with E-state index in [1.54, 1.807) is 6.92 Å². The number of nitrogens with zero attached hydrogens (tertiary/aromatic N) is 2. The van der Waals surface area contributed by atoms with E-state index in [9.17, 15) is 19.8 Å². The van der Waals surface area contributed by atoms with Crippen LogP contribution >= 0.6 is 0 Å². The van der Waals surface area contributed by atoms with Gasteiger partial charge in [-0.05, 0) is 19.8 Å². The predicted molar refractivity (Wildman–Crippen MR) is 65.6 cm³/mol. The molecule has 3 N–H and O–H groups in total. The molecule has 2 heterocycles. The van der Waals surface area contributed by atoms with Crippen molar-refractivity contribution in [3.63, 3.8) is 0 Å². The Bertz CT molecular complexity index is 384. The number of aliphatic hydroxyl groups is 2. The lowest BCUT2D eigenvalue weighted by atomic mass is 9.95. The van der Waals surface area contributed by atoms with Gasteiger partial charge < -0.3 is 25.1 Å². The summed E-state index contributed by atoms with van der Waals surface area (Å²) in [7, 11) is 0. The number of carbonyl (C=O) groups excluding carboxylic acids is 1. The van der Waals surface area contributed by atoms with Gasteiger partial charge in [-0.3, -0.25) is 0 Å². The summed E-state index contributed by atoms with van der Waals surface area (Å²) in [6.45, 7) is 2.41. The highest BCUT2D eigenvalue weighted by Gasteiger charge is 2.42. The molecule has 3 atom stereocenters. The second-order valence-corrected chi connectivity index (χ2v) is 5.70. The van der Waals surface area contributed by atoms with Gasteiger partial charge in [0.05, 0.1) is 18.2 Å². The van der Waals surface area contributed by atoms with Gasteiger partial charge in [0.25, 0.3) is 0 Å². The third-order valence-corrected chi connectivity index (χ3v) is 3.76. The lowest BCUT2D eigenvalue weighted by Crippen LogP contribution is -2.54. The molecule has 2 aliphatic rings. The number of hydrogen-bond acceptors (Lipinski definition) is 4. The van der Waals surface area contributed by atoms with E-state index < -0.39 is 29.7 Å². The molecule has 1 unspecified atom stereocenters. The molecular formula is C12H20N2O5. The molecule has 19 heavy (non-hydrogen) atoms. The molecule has 0 bridgehead atoms. The van der Waals surface area contributed by atoms with Gasteiger partial charge >= 0.3 is 12.0 Å². The van der Waals surface area contributed by atoms with Crippen molar-refractivity contribution < 1.29 is 24.9 Å². The van der Waals surface area contributed by atoms with Crippen LogP contribution in [0, 0.1) is 0 Å². The van der Waals surface area contributed by atoms with Crippen LogP contribution in [0.2, 0.25) is 0 Å². The third kappa shape index (κ3) is 2.98. The second-order valence-electron chi connectivity index (χ2n) is 5.70. The summed E-state index contributed by atoms with van der Waals surface area (Å²) >= 11 is 0. The fourth-order valence-electron chi connectivity index (χ4n) is 2.82. The van der Waals surface area contributed by atoms with Crippen LogP contribution in [0.1, 0.15) is 26.2 Å². The van der Waals surface area contributed by atoms with E-state index >= 15 is 0 Å². The van der Waals surface area contributed by atoms with Crippen molar-refractivity contribution in [2.45, 2.75) is 43.9 Å². The van der Waals surface area contributed by atoms with E-state index in [1.807, 2.05) is 0 Å². The lowest BCUT2D eigenvalue weighted by Gasteiger charge is -2.39. The SMILES string of the molecule is CC1(O)CCCN(C(=O)N2C[C@@H](O)C[C@H]2C(=O)O)C1. The van der Waals surface area contributed by atoms with Gasteiger partial charge in [-0.2, -0.15) is 0 Å². The number of aliphatic hydroxyl groups excluding tert-OH is 1. The number of likely N-dealkylation sites (tertiary alicyclic amines) is 2. The number of piperidine rings is 1. The van der Waals surface area contributed by atoms with E-state index in [0.717, 1.165) is 0 Å². The van der Waals surface area contributed by atoms with Crippen molar-refractivity contribution >= 4 is 12.0 Å². The molecule has 7 heteroatoms. The van der Waals surface area contributed by atoms with Crippen molar-refractivity contribution in [2.24, 2.45) is 0 Å². The first kappa shape index (κ1) is 14.1. The van der Waals surface area contributed by atoms with Crippen LogP contribution in [0.5, 0.6) is 0 Å². The minimum Gasteiger partial charge on any atom is -0.480 e. The predicted octanol–water partition coefficient (Wildman–Crippen LogP) is -0.527. The molecule has 0 spiro atoms. The zero-order valence-electron chi connectivity index (χ0n) is 10.9. The molecule has 0 aromatic heterocycles. The molecule has 0 aliphatic carbocycles. The minimum atomic E-state index is -1.10. The van der Waals surface area contributed by atoms with Crippen molar-refractivity contribution in [2.75, 3.05) is 19.6 Å². The first-order valence-electron chi connectivity index (χ1n) is 6.49. The highest BCUT2D eigenvalue weighted by molar-refractivity contribution is 5.83. The van der Waals surface area contributed by atoms with Crippen LogP contribution in [0.15, 0.2) is 0 Å². The Morgan fingerprint density at radius 1 is 1.37 bits per heavy atom. The Hall–Kier alpha value is -1.34. The smallest absolute Gasteiger partial charge is 0.326 e. The highest BCUT2D eigenvalue weighted by Crippen LogP contribution is 2.25. The average Bonchev–Trinajstić information content (AvgIpc) is 2.69. The molecule has 2 rings (SSSR count). The van der Waals surface area contributed by atoms with Crippen molar-refractivity contribution in [1.29, 1.82) is 0 Å². The number of carbonyl (C=O) groups is 2. The summed E-state index contributed by atoms with van der Waals surface area (Å²) in [5.74, 6) is -1.10. The van der Waals surface area contributed by atoms with Crippen molar-refractivity contribution in [3.05, 3.63) is 0 Å². The Labute approximate surface area is 111 Å². The normalized spacial score (nSPS) is 35.5. The number of β-amino-alcohol motifs (C(OH)–C–C–N with tert-alkyl or cyclic N) is 2. The molecular weight excluding hydrogens is 252 g/mol. The number of amides is 2. The Kier molecular flexibility index (Phi) is 3.69. The van der Waals surface area contributed by atoms with Gasteiger partial charge in [0, 0.05) is 19.5 Å². The topological polar surface area (TPSA) is 101 Å². The Morgan fingerprint density at radius 3 is 2.63 bits per heavy atom. The van der Waals surface area contributed by atoms with Crippen LogP contribution in [-0.2, 0) is 4.79 Å². The van der Waals surface area contributed by atoms with E-state index in [-0.39, 0.29) is 19.5 Å². The van der Waals surface area contributed by atoms with Crippen LogP contribution in [-0.4, -0.2) is 74.5 Å². The van der Waals surface area contributed by atoms with E-state index in [4.69, 9.17) is 5.11 Å². The fraction of sp³-hybridized carbons (Fsp3) is 0.833. The van der Waals surface area contributed by atoms with Crippen LogP contribution in [0.4, 0.5) is 4.79 Å². The van der Waals surface area contributed by atoms with Gasteiger partial charge in [-0.1, -0.05) is 0 Å². The average molecular weight is 272 g/mol. The fourth-order valence-corrected chi connectivity index (χ4v) is 2.82. The van der Waals surface area contributed by atoms with E-state index in [1.165, 1.54) is 9.80 Å². The third-order valence-electron chi connectivity index (χ3n) is 3.76. The number of urea groups is 1. The van der Waals surface area contributed by atoms with Crippen molar-refractivity contribution in [3.8, 4) is 0 Å². The molecule has 108 valence electrons. The number of carboxylic acids is 1. The van der Waals surface area contributed by atoms with Gasteiger partial charge in [0.2, 0.25) is 0 Å². The molecule has 0 aromatic rings. The van der Waals surface area contributed by atoms with Crippen molar-refractivity contribution in [1.82, 2.24) is 9.80 Å². The van der Waals surface area contributed by atoms with Crippen LogP contribution in [0.3, 0.4) is 0 Å². The zero-order chi connectivity index (χ0) is 14.2. The molecule has 2 aliphatic heterocycles. The molecule has 7 nitrogen and oxygen atoms in total. The summed E-state index contributed by atoms with van der Waals surface area (Å²) in [4.78, 5) is 26.1. The standard InChI is InChI=1S/C12H20N2O5/c1-12(19)3-2-4-13(7-12)11(18)14-6-8(15)5-9(14)10(16)17/h8-9,15,19H,2-7H2,1H3,(H,16,17)/t8-,9-,12?/m0/s1. The molecule has 0 saturated carbocycles. The first-order chi connectivity index (χ1) is 8.80. The maximum absolute atomic E-state index is 12.3. The maximum atomic E-state index is 12.3. The summed E-state index contributed by atoms with van der Waals surface area (Å²) in [6.07, 6.45) is 0.579. The van der Waals surface area contributed by atoms with Crippen LogP contribution in [0.25, 0.3) is 0 Å². The summed E-state index contributed by atoms with van der Waals surface area (Å²) in [5, 5.41) is 28.6. The van der Waals surface area contributed by atoms with Gasteiger partial charge in [0.15, 0.2) is 0 Å². The maximum Gasteiger partial charge on any atom is 0.326 e. The first-order valence-corrected chi connectivity index (χ1v) is 6.49.